The highest BCUT2D eigenvalue weighted by Crippen LogP contribution is 2.38. The molecule has 0 aliphatic carbocycles. The zero-order valence-corrected chi connectivity index (χ0v) is 12.3. The summed E-state index contributed by atoms with van der Waals surface area (Å²) in [4.78, 5) is 2.39. The standard InChI is InChI=1S/C15H24N2O3/c1-19-14-5-3-4-12(15(14)20-2)13(6-11-18)17-9-7-16-8-10-17/h3-5,13,16,18H,6-11H2,1-2H3/t13-/m0/s1. The van der Waals surface area contributed by atoms with Crippen molar-refractivity contribution in [1.29, 1.82) is 0 Å². The van der Waals surface area contributed by atoms with Crippen molar-refractivity contribution < 1.29 is 14.6 Å². The fourth-order valence-corrected chi connectivity index (χ4v) is 2.83. The highest BCUT2D eigenvalue weighted by Gasteiger charge is 2.25. The monoisotopic (exact) mass is 280 g/mol. The summed E-state index contributed by atoms with van der Waals surface area (Å²) < 4.78 is 10.9. The minimum absolute atomic E-state index is 0.159. The Labute approximate surface area is 120 Å². The van der Waals surface area contributed by atoms with Gasteiger partial charge in [-0.05, 0) is 12.5 Å². The number of piperazine rings is 1. The van der Waals surface area contributed by atoms with Crippen LogP contribution < -0.4 is 14.8 Å². The maximum absolute atomic E-state index is 9.40. The zero-order chi connectivity index (χ0) is 14.4. The minimum Gasteiger partial charge on any atom is -0.493 e. The van der Waals surface area contributed by atoms with Gasteiger partial charge in [-0.15, -0.1) is 0 Å². The molecular formula is C15H24N2O3. The quantitative estimate of drug-likeness (QED) is 0.815. The van der Waals surface area contributed by atoms with Crippen LogP contribution in [0, 0.1) is 0 Å². The molecule has 0 amide bonds. The Morgan fingerprint density at radius 2 is 2.00 bits per heavy atom. The third kappa shape index (κ3) is 3.23. The summed E-state index contributed by atoms with van der Waals surface area (Å²) in [6.07, 6.45) is 0.698. The van der Waals surface area contributed by atoms with Gasteiger partial charge in [-0.1, -0.05) is 12.1 Å². The van der Waals surface area contributed by atoms with Gasteiger partial charge in [0.25, 0.3) is 0 Å². The zero-order valence-electron chi connectivity index (χ0n) is 12.3. The second-order valence-corrected chi connectivity index (χ2v) is 4.90. The van der Waals surface area contributed by atoms with E-state index in [1.165, 1.54) is 0 Å². The van der Waals surface area contributed by atoms with Crippen molar-refractivity contribution >= 4 is 0 Å². The average molecular weight is 280 g/mol. The number of aliphatic hydroxyl groups is 1. The number of nitrogens with zero attached hydrogens (tertiary/aromatic N) is 1. The predicted octanol–water partition coefficient (Wildman–Crippen LogP) is 1.03. The van der Waals surface area contributed by atoms with E-state index in [9.17, 15) is 5.11 Å². The van der Waals surface area contributed by atoms with Crippen LogP contribution in [0.1, 0.15) is 18.0 Å². The first kappa shape index (κ1) is 15.1. The number of nitrogens with one attached hydrogen (secondary N) is 1. The average Bonchev–Trinajstić information content (AvgIpc) is 2.52. The molecule has 2 rings (SSSR count). The van der Waals surface area contributed by atoms with Gasteiger partial charge < -0.3 is 19.9 Å². The molecule has 1 aromatic carbocycles. The molecule has 1 aromatic rings. The molecule has 20 heavy (non-hydrogen) atoms. The van der Waals surface area contributed by atoms with Crippen LogP contribution in [0.4, 0.5) is 0 Å². The van der Waals surface area contributed by atoms with Gasteiger partial charge in [0, 0.05) is 44.4 Å². The van der Waals surface area contributed by atoms with Crippen LogP contribution >= 0.6 is 0 Å². The fourth-order valence-electron chi connectivity index (χ4n) is 2.83. The van der Waals surface area contributed by atoms with Crippen LogP contribution in [0.2, 0.25) is 0 Å². The number of benzene rings is 1. The second kappa shape index (κ2) is 7.47. The Hall–Kier alpha value is -1.30. The second-order valence-electron chi connectivity index (χ2n) is 4.90. The predicted molar refractivity (Wildman–Crippen MR) is 78.4 cm³/mol. The Balaban J connectivity index is 2.32. The lowest BCUT2D eigenvalue weighted by Gasteiger charge is -2.35. The Morgan fingerprint density at radius 1 is 1.25 bits per heavy atom. The van der Waals surface area contributed by atoms with Crippen molar-refractivity contribution in [3.8, 4) is 11.5 Å². The van der Waals surface area contributed by atoms with Gasteiger partial charge in [-0.25, -0.2) is 0 Å². The lowest BCUT2D eigenvalue weighted by Crippen LogP contribution is -2.45. The maximum atomic E-state index is 9.40. The molecule has 0 unspecified atom stereocenters. The molecule has 0 bridgehead atoms. The van der Waals surface area contributed by atoms with Crippen LogP contribution in [0.5, 0.6) is 11.5 Å². The van der Waals surface area contributed by atoms with Crippen molar-refractivity contribution in [1.82, 2.24) is 10.2 Å². The third-order valence-corrected chi connectivity index (χ3v) is 3.79. The van der Waals surface area contributed by atoms with Gasteiger partial charge in [0.2, 0.25) is 0 Å². The van der Waals surface area contributed by atoms with E-state index in [4.69, 9.17) is 9.47 Å². The van der Waals surface area contributed by atoms with Crippen LogP contribution in [-0.4, -0.2) is 57.0 Å². The third-order valence-electron chi connectivity index (χ3n) is 3.79. The molecule has 0 spiro atoms. The summed E-state index contributed by atoms with van der Waals surface area (Å²) >= 11 is 0. The van der Waals surface area contributed by atoms with E-state index in [0.29, 0.717) is 6.42 Å². The number of rotatable bonds is 6. The van der Waals surface area contributed by atoms with Gasteiger partial charge in [0.15, 0.2) is 11.5 Å². The summed E-state index contributed by atoms with van der Waals surface area (Å²) in [5.41, 5.74) is 1.09. The first-order chi connectivity index (χ1) is 9.81. The number of aliphatic hydroxyl groups excluding tert-OH is 1. The van der Waals surface area contributed by atoms with Gasteiger partial charge in [-0.2, -0.15) is 0 Å². The molecule has 0 radical (unpaired) electrons. The summed E-state index contributed by atoms with van der Waals surface area (Å²) in [7, 11) is 3.31. The molecule has 1 atom stereocenters. The topological polar surface area (TPSA) is 54.0 Å². The van der Waals surface area contributed by atoms with Gasteiger partial charge in [0.05, 0.1) is 14.2 Å². The molecule has 0 saturated carbocycles. The summed E-state index contributed by atoms with van der Waals surface area (Å²) in [6, 6.07) is 6.09. The SMILES string of the molecule is COc1cccc([C@H](CCO)N2CCNCC2)c1OC. The molecule has 1 fully saturated rings. The summed E-state index contributed by atoms with van der Waals surface area (Å²) in [6.45, 7) is 4.08. The molecule has 0 aromatic heterocycles. The van der Waals surface area contributed by atoms with Crippen molar-refractivity contribution in [2.75, 3.05) is 47.0 Å². The number of ether oxygens (including phenoxy) is 2. The van der Waals surface area contributed by atoms with Crippen molar-refractivity contribution in [2.24, 2.45) is 0 Å². The van der Waals surface area contributed by atoms with E-state index < -0.39 is 0 Å². The van der Waals surface area contributed by atoms with Crippen molar-refractivity contribution in [3.63, 3.8) is 0 Å². The van der Waals surface area contributed by atoms with Crippen LogP contribution in [0.15, 0.2) is 18.2 Å². The highest BCUT2D eigenvalue weighted by atomic mass is 16.5. The Morgan fingerprint density at radius 3 is 2.60 bits per heavy atom. The Bertz CT molecular complexity index is 420. The highest BCUT2D eigenvalue weighted by molar-refractivity contribution is 5.48. The molecule has 1 heterocycles. The lowest BCUT2D eigenvalue weighted by atomic mass is 10.00. The number of hydrogen-bond acceptors (Lipinski definition) is 5. The van der Waals surface area contributed by atoms with Crippen LogP contribution in [-0.2, 0) is 0 Å². The lowest BCUT2D eigenvalue weighted by molar-refractivity contribution is 0.138. The number of methoxy groups -OCH3 is 2. The van der Waals surface area contributed by atoms with E-state index in [1.54, 1.807) is 14.2 Å². The number of para-hydroxylation sites is 1. The largest absolute Gasteiger partial charge is 0.493 e. The van der Waals surface area contributed by atoms with Crippen LogP contribution in [0.25, 0.3) is 0 Å². The number of hydrogen-bond donors (Lipinski definition) is 2. The van der Waals surface area contributed by atoms with E-state index in [-0.39, 0.29) is 12.6 Å². The van der Waals surface area contributed by atoms with E-state index >= 15 is 0 Å². The van der Waals surface area contributed by atoms with Crippen LogP contribution in [0.3, 0.4) is 0 Å². The normalized spacial score (nSPS) is 17.8. The fraction of sp³-hybridized carbons (Fsp3) is 0.600. The van der Waals surface area contributed by atoms with Gasteiger partial charge >= 0.3 is 0 Å². The molecule has 1 saturated heterocycles. The molecule has 1 aliphatic heterocycles. The molecule has 5 heteroatoms. The summed E-state index contributed by atoms with van der Waals surface area (Å²) in [5, 5.41) is 12.8. The smallest absolute Gasteiger partial charge is 0.165 e. The first-order valence-electron chi connectivity index (χ1n) is 7.08. The first-order valence-corrected chi connectivity index (χ1v) is 7.08. The van der Waals surface area contributed by atoms with Gasteiger partial charge in [0.1, 0.15) is 0 Å². The molecule has 5 nitrogen and oxygen atoms in total. The van der Waals surface area contributed by atoms with E-state index in [1.807, 2.05) is 12.1 Å². The Kier molecular flexibility index (Phi) is 5.64. The molecule has 1 aliphatic rings. The van der Waals surface area contributed by atoms with Crippen molar-refractivity contribution in [2.45, 2.75) is 12.5 Å². The van der Waals surface area contributed by atoms with Crippen molar-refractivity contribution in [3.05, 3.63) is 23.8 Å². The van der Waals surface area contributed by atoms with Gasteiger partial charge in [-0.3, -0.25) is 4.90 Å². The minimum atomic E-state index is 0.159. The summed E-state index contributed by atoms with van der Waals surface area (Å²) in [5.74, 6) is 1.51. The maximum Gasteiger partial charge on any atom is 0.165 e. The molecule has 2 N–H and O–H groups in total. The van der Waals surface area contributed by atoms with E-state index in [0.717, 1.165) is 43.2 Å². The molecular weight excluding hydrogens is 256 g/mol. The molecule has 112 valence electrons. The van der Waals surface area contributed by atoms with E-state index in [2.05, 4.69) is 16.3 Å².